The Balaban J connectivity index is 1.73. The van der Waals surface area contributed by atoms with Crippen molar-refractivity contribution in [3.8, 4) is 11.5 Å². The van der Waals surface area contributed by atoms with Gasteiger partial charge < -0.3 is 9.63 Å². The smallest absolute Gasteiger partial charge is 0.258 e. The standard InChI is InChI=1S/C18H21N3O2S/c1-18(2,22)13-21(10-14-6-4-3-5-7-14)11-16-19-17(23-20-16)15-8-9-24-12-15/h3-9,12,22H,10-11,13H2,1-2H3. The molecule has 5 nitrogen and oxygen atoms in total. The van der Waals surface area contributed by atoms with Crippen LogP contribution in [0.5, 0.6) is 0 Å². The van der Waals surface area contributed by atoms with Crippen LogP contribution >= 0.6 is 11.3 Å². The van der Waals surface area contributed by atoms with Gasteiger partial charge in [-0.2, -0.15) is 16.3 Å². The van der Waals surface area contributed by atoms with E-state index in [4.69, 9.17) is 4.52 Å². The monoisotopic (exact) mass is 343 g/mol. The van der Waals surface area contributed by atoms with Crippen LogP contribution in [0.4, 0.5) is 0 Å². The molecule has 0 aliphatic carbocycles. The zero-order chi connectivity index (χ0) is 17.0. The quantitative estimate of drug-likeness (QED) is 0.710. The van der Waals surface area contributed by atoms with E-state index in [0.29, 0.717) is 31.3 Å². The molecule has 0 amide bonds. The fourth-order valence-electron chi connectivity index (χ4n) is 2.58. The predicted octanol–water partition coefficient (Wildman–Crippen LogP) is 3.57. The van der Waals surface area contributed by atoms with Gasteiger partial charge >= 0.3 is 0 Å². The maximum atomic E-state index is 10.2. The molecule has 2 aromatic heterocycles. The van der Waals surface area contributed by atoms with Gasteiger partial charge in [-0.25, -0.2) is 0 Å². The third-order valence-electron chi connectivity index (χ3n) is 3.46. The number of hydrogen-bond donors (Lipinski definition) is 1. The second kappa shape index (κ2) is 7.25. The lowest BCUT2D eigenvalue weighted by Crippen LogP contribution is -2.38. The fourth-order valence-corrected chi connectivity index (χ4v) is 3.21. The minimum Gasteiger partial charge on any atom is -0.389 e. The summed E-state index contributed by atoms with van der Waals surface area (Å²) in [6, 6.07) is 12.1. The summed E-state index contributed by atoms with van der Waals surface area (Å²) in [5, 5.41) is 18.2. The summed E-state index contributed by atoms with van der Waals surface area (Å²) in [6.45, 7) is 5.36. The van der Waals surface area contributed by atoms with Crippen LogP contribution in [0.1, 0.15) is 25.2 Å². The zero-order valence-electron chi connectivity index (χ0n) is 13.8. The molecule has 1 aromatic carbocycles. The van der Waals surface area contributed by atoms with Crippen molar-refractivity contribution >= 4 is 11.3 Å². The van der Waals surface area contributed by atoms with Gasteiger partial charge in [0.1, 0.15) is 0 Å². The molecule has 0 saturated heterocycles. The lowest BCUT2D eigenvalue weighted by molar-refractivity contribution is 0.0296. The number of aromatic nitrogens is 2. The average Bonchev–Trinajstić information content (AvgIpc) is 3.17. The van der Waals surface area contributed by atoms with Crippen LogP contribution in [0.2, 0.25) is 0 Å². The molecule has 0 spiro atoms. The van der Waals surface area contributed by atoms with Gasteiger partial charge in [-0.3, -0.25) is 4.90 Å². The molecule has 126 valence electrons. The highest BCUT2D eigenvalue weighted by Gasteiger charge is 2.21. The second-order valence-corrected chi connectivity index (χ2v) is 7.25. The van der Waals surface area contributed by atoms with E-state index in [1.54, 1.807) is 25.2 Å². The van der Waals surface area contributed by atoms with Gasteiger partial charge in [-0.05, 0) is 30.9 Å². The summed E-state index contributed by atoms with van der Waals surface area (Å²) in [4.78, 5) is 6.59. The van der Waals surface area contributed by atoms with Crippen molar-refractivity contribution in [2.45, 2.75) is 32.5 Å². The number of rotatable bonds is 7. The van der Waals surface area contributed by atoms with E-state index in [2.05, 4.69) is 27.2 Å². The number of hydrogen-bond acceptors (Lipinski definition) is 6. The predicted molar refractivity (Wildman–Crippen MR) is 94.5 cm³/mol. The van der Waals surface area contributed by atoms with Crippen molar-refractivity contribution < 1.29 is 9.63 Å². The first-order valence-corrected chi connectivity index (χ1v) is 8.78. The van der Waals surface area contributed by atoms with Crippen molar-refractivity contribution in [2.75, 3.05) is 6.54 Å². The zero-order valence-corrected chi connectivity index (χ0v) is 14.7. The van der Waals surface area contributed by atoms with Crippen molar-refractivity contribution in [1.29, 1.82) is 0 Å². The molecule has 24 heavy (non-hydrogen) atoms. The molecular weight excluding hydrogens is 322 g/mol. The van der Waals surface area contributed by atoms with Gasteiger partial charge in [-0.1, -0.05) is 35.5 Å². The summed E-state index contributed by atoms with van der Waals surface area (Å²) < 4.78 is 5.35. The third-order valence-corrected chi connectivity index (χ3v) is 4.14. The number of benzene rings is 1. The Kier molecular flexibility index (Phi) is 5.08. The Hall–Kier alpha value is -2.02. The summed E-state index contributed by atoms with van der Waals surface area (Å²) in [6.07, 6.45) is 0. The second-order valence-electron chi connectivity index (χ2n) is 6.47. The number of thiophene rings is 1. The normalized spacial score (nSPS) is 12.0. The Morgan fingerprint density at radius 3 is 2.62 bits per heavy atom. The van der Waals surface area contributed by atoms with E-state index in [9.17, 15) is 5.11 Å². The van der Waals surface area contributed by atoms with E-state index in [1.165, 1.54) is 5.56 Å². The largest absolute Gasteiger partial charge is 0.389 e. The molecule has 0 aliphatic rings. The van der Waals surface area contributed by atoms with Crippen LogP contribution in [-0.2, 0) is 13.1 Å². The molecular formula is C18H21N3O2S. The molecule has 0 bridgehead atoms. The maximum Gasteiger partial charge on any atom is 0.258 e. The van der Waals surface area contributed by atoms with E-state index >= 15 is 0 Å². The van der Waals surface area contributed by atoms with Crippen molar-refractivity contribution in [3.05, 3.63) is 58.5 Å². The summed E-state index contributed by atoms with van der Waals surface area (Å²) in [7, 11) is 0. The molecule has 0 unspecified atom stereocenters. The SMILES string of the molecule is CC(C)(O)CN(Cc1ccccc1)Cc1noc(-c2ccsc2)n1. The summed E-state index contributed by atoms with van der Waals surface area (Å²) in [5.41, 5.74) is 1.33. The van der Waals surface area contributed by atoms with Gasteiger partial charge in [-0.15, -0.1) is 0 Å². The summed E-state index contributed by atoms with van der Waals surface area (Å²) in [5.74, 6) is 1.16. The number of aliphatic hydroxyl groups is 1. The van der Waals surface area contributed by atoms with Crippen molar-refractivity contribution in [1.82, 2.24) is 15.0 Å². The van der Waals surface area contributed by atoms with Crippen LogP contribution < -0.4 is 0 Å². The molecule has 3 rings (SSSR count). The highest BCUT2D eigenvalue weighted by molar-refractivity contribution is 7.08. The van der Waals surface area contributed by atoms with Crippen LogP contribution in [0.3, 0.4) is 0 Å². The topological polar surface area (TPSA) is 62.4 Å². The van der Waals surface area contributed by atoms with Crippen LogP contribution in [0.25, 0.3) is 11.5 Å². The minimum absolute atomic E-state index is 0.518. The first kappa shape index (κ1) is 16.8. The molecule has 3 aromatic rings. The highest BCUT2D eigenvalue weighted by Crippen LogP contribution is 2.21. The van der Waals surface area contributed by atoms with Crippen LogP contribution in [0.15, 0.2) is 51.7 Å². The van der Waals surface area contributed by atoms with Gasteiger partial charge in [0.2, 0.25) is 0 Å². The van der Waals surface area contributed by atoms with Crippen LogP contribution in [0, 0.1) is 0 Å². The molecule has 0 atom stereocenters. The molecule has 6 heteroatoms. The molecule has 0 saturated carbocycles. The van der Waals surface area contributed by atoms with Crippen LogP contribution in [-0.4, -0.2) is 32.3 Å². The van der Waals surface area contributed by atoms with Gasteiger partial charge in [0.15, 0.2) is 5.82 Å². The van der Waals surface area contributed by atoms with E-state index in [0.717, 1.165) is 5.56 Å². The number of nitrogens with zero attached hydrogens (tertiary/aromatic N) is 3. The first-order chi connectivity index (χ1) is 11.5. The molecule has 1 N–H and O–H groups in total. The highest BCUT2D eigenvalue weighted by atomic mass is 32.1. The van der Waals surface area contributed by atoms with E-state index < -0.39 is 5.60 Å². The Morgan fingerprint density at radius 1 is 1.17 bits per heavy atom. The van der Waals surface area contributed by atoms with Crippen molar-refractivity contribution in [2.24, 2.45) is 0 Å². The molecule has 2 heterocycles. The molecule has 0 radical (unpaired) electrons. The lowest BCUT2D eigenvalue weighted by atomic mass is 10.1. The Labute approximate surface area is 145 Å². The molecule has 0 fully saturated rings. The lowest BCUT2D eigenvalue weighted by Gasteiger charge is -2.28. The van der Waals surface area contributed by atoms with Gasteiger partial charge in [0.05, 0.1) is 17.7 Å². The average molecular weight is 343 g/mol. The molecule has 0 aliphatic heterocycles. The minimum atomic E-state index is -0.797. The Morgan fingerprint density at radius 2 is 1.96 bits per heavy atom. The maximum absolute atomic E-state index is 10.2. The fraction of sp³-hybridized carbons (Fsp3) is 0.333. The van der Waals surface area contributed by atoms with Gasteiger partial charge in [0, 0.05) is 18.5 Å². The first-order valence-electron chi connectivity index (χ1n) is 7.83. The van der Waals surface area contributed by atoms with Crippen molar-refractivity contribution in [3.63, 3.8) is 0 Å². The van der Waals surface area contributed by atoms with E-state index in [-0.39, 0.29) is 0 Å². The third kappa shape index (κ3) is 4.74. The van der Waals surface area contributed by atoms with Gasteiger partial charge in [0.25, 0.3) is 5.89 Å². The summed E-state index contributed by atoms with van der Waals surface area (Å²) >= 11 is 1.60. The Bertz CT molecular complexity index is 748. The van der Waals surface area contributed by atoms with E-state index in [1.807, 2.05) is 35.0 Å².